The molecule has 43 heavy (non-hydrogen) atoms. The zero-order chi connectivity index (χ0) is 30.3. The number of likely N-dealkylation sites (N-methyl/N-ethyl adjacent to an activating group) is 1. The van der Waals surface area contributed by atoms with Crippen molar-refractivity contribution in [1.29, 1.82) is 0 Å². The number of rotatable bonds is 11. The van der Waals surface area contributed by atoms with Gasteiger partial charge in [-0.25, -0.2) is 19.6 Å². The number of nitrogens with zero attached hydrogens (tertiary/aromatic N) is 9. The van der Waals surface area contributed by atoms with Gasteiger partial charge in [0.05, 0.1) is 28.8 Å². The van der Waals surface area contributed by atoms with Gasteiger partial charge in [-0.15, -0.1) is 11.3 Å². The average molecular weight is 602 g/mol. The molecular formula is C31H39N9O2S. The first-order valence-corrected chi connectivity index (χ1v) is 15.6. The van der Waals surface area contributed by atoms with E-state index < -0.39 is 0 Å². The first kappa shape index (κ1) is 30.3. The summed E-state index contributed by atoms with van der Waals surface area (Å²) in [5.41, 5.74) is 3.15. The number of allylic oxidation sites excluding steroid dienone is 1. The van der Waals surface area contributed by atoms with Crippen LogP contribution < -0.4 is 9.80 Å². The molecule has 0 spiro atoms. The molecule has 1 saturated heterocycles. The lowest BCUT2D eigenvalue weighted by atomic mass is 10.1. The molecule has 1 fully saturated rings. The molecule has 0 atom stereocenters. The Balaban J connectivity index is 1.23. The van der Waals surface area contributed by atoms with E-state index in [4.69, 9.17) is 4.98 Å². The number of hydrogen-bond donors (Lipinski definition) is 0. The van der Waals surface area contributed by atoms with Gasteiger partial charge in [0.1, 0.15) is 12.1 Å². The van der Waals surface area contributed by atoms with Crippen molar-refractivity contribution in [3.8, 4) is 0 Å². The highest BCUT2D eigenvalue weighted by Gasteiger charge is 2.25. The van der Waals surface area contributed by atoms with Gasteiger partial charge in [-0.1, -0.05) is 13.0 Å². The van der Waals surface area contributed by atoms with E-state index in [-0.39, 0.29) is 11.8 Å². The van der Waals surface area contributed by atoms with Crippen molar-refractivity contribution in [2.75, 3.05) is 63.2 Å². The predicted molar refractivity (Wildman–Crippen MR) is 171 cm³/mol. The van der Waals surface area contributed by atoms with Crippen molar-refractivity contribution in [3.05, 3.63) is 70.6 Å². The summed E-state index contributed by atoms with van der Waals surface area (Å²) in [7, 11) is 3.96. The van der Waals surface area contributed by atoms with Gasteiger partial charge in [-0.05, 0) is 64.2 Å². The largest absolute Gasteiger partial charge is 0.352 e. The lowest BCUT2D eigenvalue weighted by Crippen LogP contribution is -2.49. The minimum atomic E-state index is -0.0758. The number of hydrogen-bond acceptors (Lipinski definition) is 9. The molecule has 1 aliphatic heterocycles. The molecule has 0 saturated carbocycles. The van der Waals surface area contributed by atoms with Crippen LogP contribution in [-0.2, 0) is 17.8 Å². The van der Waals surface area contributed by atoms with E-state index in [0.717, 1.165) is 52.6 Å². The Morgan fingerprint density at radius 2 is 1.81 bits per heavy atom. The number of aryl methyl sites for hydroxylation is 1. The summed E-state index contributed by atoms with van der Waals surface area (Å²) in [5, 5.41) is 8.74. The summed E-state index contributed by atoms with van der Waals surface area (Å²) < 4.78 is 1.88. The number of anilines is 2. The van der Waals surface area contributed by atoms with Crippen LogP contribution in [0, 0.1) is 0 Å². The van der Waals surface area contributed by atoms with E-state index in [2.05, 4.69) is 32.3 Å². The number of amides is 2. The van der Waals surface area contributed by atoms with Crippen molar-refractivity contribution in [3.63, 3.8) is 0 Å². The van der Waals surface area contributed by atoms with Gasteiger partial charge in [0.15, 0.2) is 5.65 Å². The second-order valence-electron chi connectivity index (χ2n) is 10.8. The second-order valence-corrected chi connectivity index (χ2v) is 11.8. The number of carbonyl (C=O) groups is 2. The number of benzene rings is 1. The van der Waals surface area contributed by atoms with Crippen LogP contribution in [0.25, 0.3) is 11.0 Å². The normalized spacial score (nSPS) is 13.9. The molecule has 11 nitrogen and oxygen atoms in total. The molecule has 0 unspecified atom stereocenters. The Labute approximate surface area is 256 Å². The lowest BCUT2D eigenvalue weighted by Gasteiger charge is -2.35. The minimum absolute atomic E-state index is 0.0165. The maximum atomic E-state index is 13.4. The molecule has 1 aromatic carbocycles. The molecule has 0 aliphatic carbocycles. The SMILES string of the molecule is C/C=C/C(=O)N(CCN(C)C)c1ccc(C(=O)N2CCN(c3ncnc4c3cnn4Cc3csc(CCC)n3)CC2)cc1. The first-order chi connectivity index (χ1) is 20.9. The summed E-state index contributed by atoms with van der Waals surface area (Å²) in [5.74, 6) is 0.742. The quantitative estimate of drug-likeness (QED) is 0.240. The Morgan fingerprint density at radius 3 is 2.51 bits per heavy atom. The Bertz CT molecular complexity index is 1570. The van der Waals surface area contributed by atoms with Crippen molar-refractivity contribution in [2.24, 2.45) is 0 Å². The third-order valence-electron chi connectivity index (χ3n) is 7.43. The molecular weight excluding hydrogens is 562 g/mol. The second kappa shape index (κ2) is 13.9. The molecule has 4 heterocycles. The van der Waals surface area contributed by atoms with Crippen LogP contribution in [0.15, 0.2) is 54.3 Å². The molecule has 1 aliphatic rings. The third-order valence-corrected chi connectivity index (χ3v) is 8.38. The highest BCUT2D eigenvalue weighted by molar-refractivity contribution is 7.09. The van der Waals surface area contributed by atoms with Crippen LogP contribution in [0.5, 0.6) is 0 Å². The molecule has 0 bridgehead atoms. The van der Waals surface area contributed by atoms with Crippen LogP contribution >= 0.6 is 11.3 Å². The molecule has 226 valence electrons. The highest BCUT2D eigenvalue weighted by Crippen LogP contribution is 2.25. The van der Waals surface area contributed by atoms with Crippen molar-refractivity contribution in [1.82, 2.24) is 34.5 Å². The molecule has 3 aromatic heterocycles. The van der Waals surface area contributed by atoms with E-state index in [9.17, 15) is 9.59 Å². The number of fused-ring (bicyclic) bond motifs is 1. The van der Waals surface area contributed by atoms with Crippen LogP contribution in [0.3, 0.4) is 0 Å². The predicted octanol–water partition coefficient (Wildman–Crippen LogP) is 3.72. The fourth-order valence-corrected chi connectivity index (χ4v) is 6.03. The first-order valence-electron chi connectivity index (χ1n) is 14.7. The van der Waals surface area contributed by atoms with Crippen LogP contribution in [0.1, 0.15) is 41.3 Å². The Morgan fingerprint density at radius 1 is 1.05 bits per heavy atom. The maximum absolute atomic E-state index is 13.4. The molecule has 5 rings (SSSR count). The smallest absolute Gasteiger partial charge is 0.253 e. The number of thiazole rings is 1. The number of piperazine rings is 1. The molecule has 12 heteroatoms. The molecule has 0 radical (unpaired) electrons. The van der Waals surface area contributed by atoms with E-state index >= 15 is 0 Å². The lowest BCUT2D eigenvalue weighted by molar-refractivity contribution is -0.114. The Hall–Kier alpha value is -4.16. The molecule has 2 amide bonds. The van der Waals surface area contributed by atoms with E-state index in [1.54, 1.807) is 34.7 Å². The van der Waals surface area contributed by atoms with Gasteiger partial charge >= 0.3 is 0 Å². The van der Waals surface area contributed by atoms with Crippen LogP contribution in [0.4, 0.5) is 11.5 Å². The monoisotopic (exact) mass is 601 g/mol. The fourth-order valence-electron chi connectivity index (χ4n) is 5.14. The summed E-state index contributed by atoms with van der Waals surface area (Å²) in [6, 6.07) is 7.33. The third kappa shape index (κ3) is 7.08. The number of carbonyl (C=O) groups excluding carboxylic acids is 2. The van der Waals surface area contributed by atoms with Gasteiger partial charge in [0, 0.05) is 55.9 Å². The minimum Gasteiger partial charge on any atom is -0.352 e. The van der Waals surface area contributed by atoms with E-state index in [0.29, 0.717) is 44.8 Å². The standard InChI is InChI=1S/C31H39N9O2S/c1-5-7-27-35-24(21-43-27)20-40-30-26(19-34-40)29(32-22-33-30)37-14-16-38(17-15-37)31(42)23-9-11-25(12-10-23)39(18-13-36(3)4)28(41)8-6-2/h6,8-12,19,21-22H,5,7,13-18,20H2,1-4H3/b8-6+. The molecule has 0 N–H and O–H groups in total. The van der Waals surface area contributed by atoms with Gasteiger partial charge in [0.2, 0.25) is 0 Å². The van der Waals surface area contributed by atoms with E-state index in [1.807, 2.05) is 66.0 Å². The maximum Gasteiger partial charge on any atom is 0.253 e. The van der Waals surface area contributed by atoms with Gasteiger partial charge in [-0.2, -0.15) is 5.10 Å². The zero-order valence-electron chi connectivity index (χ0n) is 25.3. The van der Waals surface area contributed by atoms with Crippen molar-refractivity contribution in [2.45, 2.75) is 33.2 Å². The zero-order valence-corrected chi connectivity index (χ0v) is 26.1. The topological polar surface area (TPSA) is 104 Å². The summed E-state index contributed by atoms with van der Waals surface area (Å²) >= 11 is 1.69. The van der Waals surface area contributed by atoms with Crippen LogP contribution in [0.2, 0.25) is 0 Å². The van der Waals surface area contributed by atoms with E-state index in [1.165, 1.54) is 0 Å². The fraction of sp³-hybridized carbons (Fsp3) is 0.419. The van der Waals surface area contributed by atoms with Crippen LogP contribution in [-0.4, -0.2) is 99.7 Å². The van der Waals surface area contributed by atoms with Gasteiger partial charge in [0.25, 0.3) is 11.8 Å². The summed E-state index contributed by atoms with van der Waals surface area (Å²) in [6.07, 6.45) is 8.78. The summed E-state index contributed by atoms with van der Waals surface area (Å²) in [4.78, 5) is 47.7. The van der Waals surface area contributed by atoms with Crippen molar-refractivity contribution >= 4 is 45.7 Å². The summed E-state index contributed by atoms with van der Waals surface area (Å²) in [6.45, 7) is 8.32. The van der Waals surface area contributed by atoms with Crippen molar-refractivity contribution < 1.29 is 9.59 Å². The number of aromatic nitrogens is 5. The van der Waals surface area contributed by atoms with Gasteiger partial charge < -0.3 is 19.6 Å². The molecule has 4 aromatic rings. The van der Waals surface area contributed by atoms with Gasteiger partial charge in [-0.3, -0.25) is 9.59 Å². The highest BCUT2D eigenvalue weighted by atomic mass is 32.1. The Kier molecular flexibility index (Phi) is 9.78. The average Bonchev–Trinajstić information content (AvgIpc) is 3.64.